The Morgan fingerprint density at radius 1 is 1.12 bits per heavy atom. The zero-order valence-electron chi connectivity index (χ0n) is 16.0. The molecule has 0 bridgehead atoms. The summed E-state index contributed by atoms with van der Waals surface area (Å²) in [5, 5.41) is 0. The predicted octanol–water partition coefficient (Wildman–Crippen LogP) is 3.33. The van der Waals surface area contributed by atoms with E-state index in [9.17, 15) is 9.59 Å². The van der Waals surface area contributed by atoms with Crippen molar-refractivity contribution < 1.29 is 14.3 Å². The van der Waals surface area contributed by atoms with Gasteiger partial charge in [-0.25, -0.2) is 4.79 Å². The number of pyridine rings is 1. The van der Waals surface area contributed by atoms with Crippen LogP contribution in [0.1, 0.15) is 56.8 Å². The largest absolute Gasteiger partial charge is 0.444 e. The summed E-state index contributed by atoms with van der Waals surface area (Å²) in [6.45, 7) is 7.90. The fourth-order valence-electron chi connectivity index (χ4n) is 4.02. The number of rotatable bonds is 2. The molecule has 2 aliphatic rings. The van der Waals surface area contributed by atoms with E-state index in [1.807, 2.05) is 30.6 Å². The molecule has 2 saturated heterocycles. The Hall–Kier alpha value is -2.11. The minimum absolute atomic E-state index is 0.0546. The van der Waals surface area contributed by atoms with Crippen molar-refractivity contribution in [3.05, 3.63) is 30.1 Å². The van der Waals surface area contributed by atoms with Crippen molar-refractivity contribution in [3.63, 3.8) is 0 Å². The minimum atomic E-state index is -0.486. The maximum Gasteiger partial charge on any atom is 0.410 e. The van der Waals surface area contributed by atoms with E-state index in [1.54, 1.807) is 24.5 Å². The van der Waals surface area contributed by atoms with Gasteiger partial charge < -0.3 is 14.5 Å². The zero-order chi connectivity index (χ0) is 18.7. The van der Waals surface area contributed by atoms with Crippen LogP contribution in [0.3, 0.4) is 0 Å². The maximum absolute atomic E-state index is 12.8. The molecule has 0 aromatic carbocycles. The summed E-state index contributed by atoms with van der Waals surface area (Å²) in [5.41, 5.74) is 0.191. The van der Waals surface area contributed by atoms with E-state index < -0.39 is 5.60 Å². The first-order valence-electron chi connectivity index (χ1n) is 9.54. The van der Waals surface area contributed by atoms with E-state index in [0.29, 0.717) is 18.0 Å². The lowest BCUT2D eigenvalue weighted by Gasteiger charge is -2.39. The third-order valence-electron chi connectivity index (χ3n) is 5.14. The van der Waals surface area contributed by atoms with Crippen molar-refractivity contribution in [2.75, 3.05) is 19.6 Å². The molecule has 0 radical (unpaired) electrons. The monoisotopic (exact) mass is 359 g/mol. The van der Waals surface area contributed by atoms with Gasteiger partial charge in [-0.1, -0.05) is 0 Å². The Morgan fingerprint density at radius 2 is 1.81 bits per heavy atom. The first-order chi connectivity index (χ1) is 12.3. The molecule has 0 spiro atoms. The van der Waals surface area contributed by atoms with Gasteiger partial charge in [0.05, 0.1) is 0 Å². The highest BCUT2D eigenvalue weighted by molar-refractivity contribution is 5.94. The minimum Gasteiger partial charge on any atom is -0.444 e. The lowest BCUT2D eigenvalue weighted by Crippen LogP contribution is -2.49. The summed E-state index contributed by atoms with van der Waals surface area (Å²) < 4.78 is 5.59. The van der Waals surface area contributed by atoms with Gasteiger partial charge in [0.2, 0.25) is 0 Å². The molecular formula is C20H29N3O3. The second-order valence-electron chi connectivity index (χ2n) is 8.27. The topological polar surface area (TPSA) is 62.7 Å². The van der Waals surface area contributed by atoms with Gasteiger partial charge in [0.15, 0.2) is 0 Å². The molecule has 0 unspecified atom stereocenters. The molecule has 26 heavy (non-hydrogen) atoms. The summed E-state index contributed by atoms with van der Waals surface area (Å²) in [6, 6.07) is 3.68. The van der Waals surface area contributed by atoms with Crippen LogP contribution < -0.4 is 0 Å². The molecule has 1 aromatic rings. The third kappa shape index (κ3) is 4.34. The molecule has 142 valence electrons. The number of carbonyl (C=O) groups excluding carboxylic acids is 2. The van der Waals surface area contributed by atoms with Crippen LogP contribution >= 0.6 is 0 Å². The number of aromatic nitrogens is 1. The fraction of sp³-hybridized carbons (Fsp3) is 0.650. The summed E-state index contributed by atoms with van der Waals surface area (Å²) in [7, 11) is 0. The van der Waals surface area contributed by atoms with Crippen LogP contribution in [-0.4, -0.2) is 58.1 Å². The number of likely N-dealkylation sites (tertiary alicyclic amines) is 2. The number of ether oxygens (including phenoxy) is 1. The zero-order valence-corrected chi connectivity index (χ0v) is 16.0. The van der Waals surface area contributed by atoms with Crippen LogP contribution in [0.25, 0.3) is 0 Å². The first kappa shape index (κ1) is 18.7. The Balaban J connectivity index is 1.67. The molecule has 0 aliphatic carbocycles. The SMILES string of the molecule is CC(C)(C)OC(=O)N1CCC[C@@H]1[C@H]1CCCN(C(=O)c2ccncc2)C1. The van der Waals surface area contributed by atoms with Crippen molar-refractivity contribution in [2.45, 2.75) is 58.1 Å². The Kier molecular flexibility index (Phi) is 5.49. The predicted molar refractivity (Wildman–Crippen MR) is 98.8 cm³/mol. The van der Waals surface area contributed by atoms with Crippen molar-refractivity contribution in [1.29, 1.82) is 0 Å². The molecule has 3 rings (SSSR count). The molecule has 2 fully saturated rings. The van der Waals surface area contributed by atoms with Crippen molar-refractivity contribution in [3.8, 4) is 0 Å². The van der Waals surface area contributed by atoms with E-state index in [-0.39, 0.29) is 18.0 Å². The average Bonchev–Trinajstić information content (AvgIpc) is 3.10. The molecule has 3 heterocycles. The van der Waals surface area contributed by atoms with Crippen LogP contribution in [0.5, 0.6) is 0 Å². The smallest absolute Gasteiger partial charge is 0.410 e. The molecule has 0 saturated carbocycles. The van der Waals surface area contributed by atoms with E-state index in [2.05, 4.69) is 4.98 Å². The van der Waals surface area contributed by atoms with Crippen LogP contribution in [0, 0.1) is 5.92 Å². The quantitative estimate of drug-likeness (QED) is 0.812. The fourth-order valence-corrected chi connectivity index (χ4v) is 4.02. The lowest BCUT2D eigenvalue weighted by atomic mass is 9.89. The number of amides is 2. The van der Waals surface area contributed by atoms with Crippen LogP contribution in [0.15, 0.2) is 24.5 Å². The summed E-state index contributed by atoms with van der Waals surface area (Å²) in [5.74, 6) is 0.364. The lowest BCUT2D eigenvalue weighted by molar-refractivity contribution is 0.0127. The Bertz CT molecular complexity index is 641. The molecule has 2 atom stereocenters. The standard InChI is InChI=1S/C20H29N3O3/c1-20(2,3)26-19(25)23-13-5-7-17(23)16-6-4-12-22(14-16)18(24)15-8-10-21-11-9-15/h8-11,16-17H,4-7,12-14H2,1-3H3/t16-,17+/m0/s1. The van der Waals surface area contributed by atoms with Crippen molar-refractivity contribution in [1.82, 2.24) is 14.8 Å². The van der Waals surface area contributed by atoms with Crippen molar-refractivity contribution >= 4 is 12.0 Å². The van der Waals surface area contributed by atoms with Gasteiger partial charge in [-0.05, 0) is 64.5 Å². The third-order valence-corrected chi connectivity index (χ3v) is 5.14. The molecule has 2 aliphatic heterocycles. The number of hydrogen-bond acceptors (Lipinski definition) is 4. The molecule has 6 nitrogen and oxygen atoms in total. The maximum atomic E-state index is 12.8. The molecule has 2 amide bonds. The second kappa shape index (κ2) is 7.64. The summed E-state index contributed by atoms with van der Waals surface area (Å²) in [6.07, 6.45) is 7.08. The van der Waals surface area contributed by atoms with Gasteiger partial charge in [-0.3, -0.25) is 9.78 Å². The number of nitrogens with zero attached hydrogens (tertiary/aromatic N) is 3. The van der Waals surface area contributed by atoms with Gasteiger partial charge in [-0.15, -0.1) is 0 Å². The van der Waals surface area contributed by atoms with E-state index in [4.69, 9.17) is 4.74 Å². The molecule has 1 aromatic heterocycles. The normalized spacial score (nSPS) is 23.8. The first-order valence-corrected chi connectivity index (χ1v) is 9.54. The second-order valence-corrected chi connectivity index (χ2v) is 8.27. The van der Waals surface area contributed by atoms with E-state index in [0.717, 1.165) is 38.8 Å². The van der Waals surface area contributed by atoms with Gasteiger partial charge in [-0.2, -0.15) is 0 Å². The van der Waals surface area contributed by atoms with Crippen LogP contribution in [0.2, 0.25) is 0 Å². The van der Waals surface area contributed by atoms with Crippen LogP contribution in [-0.2, 0) is 4.74 Å². The molecular weight excluding hydrogens is 330 g/mol. The van der Waals surface area contributed by atoms with Crippen LogP contribution in [0.4, 0.5) is 4.79 Å². The van der Waals surface area contributed by atoms with Gasteiger partial charge in [0.25, 0.3) is 5.91 Å². The van der Waals surface area contributed by atoms with Crippen molar-refractivity contribution in [2.24, 2.45) is 5.92 Å². The number of carbonyl (C=O) groups is 2. The molecule has 6 heteroatoms. The summed E-state index contributed by atoms with van der Waals surface area (Å²) in [4.78, 5) is 33.1. The highest BCUT2D eigenvalue weighted by Crippen LogP contribution is 2.32. The van der Waals surface area contributed by atoms with E-state index >= 15 is 0 Å². The Labute approximate surface area is 155 Å². The van der Waals surface area contributed by atoms with E-state index in [1.165, 1.54) is 0 Å². The Morgan fingerprint density at radius 3 is 2.50 bits per heavy atom. The van der Waals surface area contributed by atoms with Gasteiger partial charge in [0.1, 0.15) is 5.60 Å². The van der Waals surface area contributed by atoms with Gasteiger partial charge >= 0.3 is 6.09 Å². The number of hydrogen-bond donors (Lipinski definition) is 0. The summed E-state index contributed by atoms with van der Waals surface area (Å²) >= 11 is 0. The highest BCUT2D eigenvalue weighted by Gasteiger charge is 2.39. The van der Waals surface area contributed by atoms with Gasteiger partial charge in [0, 0.05) is 43.6 Å². The number of piperidine rings is 1. The highest BCUT2D eigenvalue weighted by atomic mass is 16.6. The molecule has 0 N–H and O–H groups in total. The average molecular weight is 359 g/mol.